The number of hydrogen-bond donors (Lipinski definition) is 2. The fraction of sp³-hybridized carbons (Fsp3) is 0.462. The molecule has 1 aliphatic rings. The molecule has 1 atom stereocenters. The molecular weight excluding hydrogens is 238 g/mol. The van der Waals surface area contributed by atoms with Crippen molar-refractivity contribution in [1.29, 1.82) is 0 Å². The summed E-state index contributed by atoms with van der Waals surface area (Å²) < 4.78 is 26.1. The Morgan fingerprint density at radius 1 is 1.44 bits per heavy atom. The van der Waals surface area contributed by atoms with E-state index in [4.69, 9.17) is 0 Å². The van der Waals surface area contributed by atoms with Gasteiger partial charge in [-0.3, -0.25) is 4.79 Å². The van der Waals surface area contributed by atoms with Crippen molar-refractivity contribution in [3.63, 3.8) is 0 Å². The van der Waals surface area contributed by atoms with E-state index in [0.717, 1.165) is 38.1 Å². The Kier molecular flexibility index (Phi) is 4.25. The van der Waals surface area contributed by atoms with Crippen LogP contribution in [0.2, 0.25) is 0 Å². The highest BCUT2D eigenvalue weighted by Gasteiger charge is 2.16. The number of amides is 1. The number of rotatable bonds is 3. The molecule has 5 heteroatoms. The van der Waals surface area contributed by atoms with Gasteiger partial charge in [-0.15, -0.1) is 0 Å². The molecule has 1 amide bonds. The van der Waals surface area contributed by atoms with Crippen molar-refractivity contribution in [2.45, 2.75) is 25.3 Å². The van der Waals surface area contributed by atoms with Crippen LogP contribution < -0.4 is 10.6 Å². The summed E-state index contributed by atoms with van der Waals surface area (Å²) in [6.07, 6.45) is 1.91. The fourth-order valence-electron chi connectivity index (χ4n) is 2.09. The summed E-state index contributed by atoms with van der Waals surface area (Å²) in [5.41, 5.74) is 0.220. The first-order valence-electron chi connectivity index (χ1n) is 6.09. The van der Waals surface area contributed by atoms with Gasteiger partial charge in [0.05, 0.1) is 6.42 Å². The van der Waals surface area contributed by atoms with Gasteiger partial charge in [-0.05, 0) is 31.0 Å². The summed E-state index contributed by atoms with van der Waals surface area (Å²) in [5.74, 6) is -1.53. The van der Waals surface area contributed by atoms with Crippen molar-refractivity contribution in [3.05, 3.63) is 35.4 Å². The van der Waals surface area contributed by atoms with Crippen molar-refractivity contribution in [2.75, 3.05) is 13.1 Å². The third kappa shape index (κ3) is 3.50. The number of carbonyl (C=O) groups excluding carboxylic acids is 1. The van der Waals surface area contributed by atoms with Crippen LogP contribution >= 0.6 is 0 Å². The lowest BCUT2D eigenvalue weighted by molar-refractivity contribution is -0.121. The molecule has 1 aliphatic heterocycles. The maximum atomic E-state index is 13.4. The minimum atomic E-state index is -0.674. The predicted molar refractivity (Wildman–Crippen MR) is 64.1 cm³/mol. The molecule has 0 aromatic heterocycles. The second kappa shape index (κ2) is 5.91. The molecule has 3 nitrogen and oxygen atoms in total. The van der Waals surface area contributed by atoms with Gasteiger partial charge in [-0.25, -0.2) is 8.78 Å². The fourth-order valence-corrected chi connectivity index (χ4v) is 2.09. The largest absolute Gasteiger partial charge is 0.352 e. The molecule has 0 aliphatic carbocycles. The van der Waals surface area contributed by atoms with E-state index in [2.05, 4.69) is 10.6 Å². The molecule has 1 fully saturated rings. The monoisotopic (exact) mass is 254 g/mol. The minimum absolute atomic E-state index is 0.0530. The highest BCUT2D eigenvalue weighted by molar-refractivity contribution is 5.78. The smallest absolute Gasteiger partial charge is 0.224 e. The second-order valence-corrected chi connectivity index (χ2v) is 4.52. The van der Waals surface area contributed by atoms with Crippen molar-refractivity contribution < 1.29 is 13.6 Å². The average Bonchev–Trinajstić information content (AvgIpc) is 2.34. The molecule has 0 bridgehead atoms. The van der Waals surface area contributed by atoms with Gasteiger partial charge < -0.3 is 10.6 Å². The Morgan fingerprint density at radius 2 is 2.28 bits per heavy atom. The average molecular weight is 254 g/mol. The number of hydrogen-bond acceptors (Lipinski definition) is 2. The van der Waals surface area contributed by atoms with E-state index in [1.54, 1.807) is 0 Å². The van der Waals surface area contributed by atoms with Crippen LogP contribution in [0, 0.1) is 11.6 Å². The van der Waals surface area contributed by atoms with Gasteiger partial charge in [-0.2, -0.15) is 0 Å². The van der Waals surface area contributed by atoms with E-state index in [9.17, 15) is 13.6 Å². The third-order valence-electron chi connectivity index (χ3n) is 3.03. The molecule has 1 aromatic rings. The van der Waals surface area contributed by atoms with Crippen molar-refractivity contribution in [3.8, 4) is 0 Å². The zero-order chi connectivity index (χ0) is 13.0. The highest BCUT2D eigenvalue weighted by atomic mass is 19.1. The first-order chi connectivity index (χ1) is 8.65. The maximum Gasteiger partial charge on any atom is 0.224 e. The van der Waals surface area contributed by atoms with Crippen LogP contribution in [0.5, 0.6) is 0 Å². The van der Waals surface area contributed by atoms with Crippen LogP contribution in [-0.2, 0) is 11.2 Å². The topological polar surface area (TPSA) is 41.1 Å². The molecule has 0 spiro atoms. The van der Waals surface area contributed by atoms with Crippen LogP contribution in [0.1, 0.15) is 18.4 Å². The predicted octanol–water partition coefficient (Wildman–Crippen LogP) is 1.38. The Bertz CT molecular complexity index is 431. The first-order valence-corrected chi connectivity index (χ1v) is 6.09. The van der Waals surface area contributed by atoms with E-state index in [0.29, 0.717) is 0 Å². The van der Waals surface area contributed by atoms with Gasteiger partial charge >= 0.3 is 0 Å². The minimum Gasteiger partial charge on any atom is -0.352 e. The quantitative estimate of drug-likeness (QED) is 0.855. The molecule has 0 saturated carbocycles. The normalized spacial score (nSPS) is 19.6. The van der Waals surface area contributed by atoms with Gasteiger partial charge in [0.1, 0.15) is 11.6 Å². The summed E-state index contributed by atoms with van der Waals surface area (Å²) in [4.78, 5) is 11.7. The Labute approximate surface area is 105 Å². The van der Waals surface area contributed by atoms with Gasteiger partial charge in [0, 0.05) is 18.7 Å². The van der Waals surface area contributed by atoms with E-state index in [1.807, 2.05) is 0 Å². The summed E-state index contributed by atoms with van der Waals surface area (Å²) >= 11 is 0. The lowest BCUT2D eigenvalue weighted by Gasteiger charge is -2.23. The maximum absolute atomic E-state index is 13.4. The van der Waals surface area contributed by atoms with Gasteiger partial charge in [0.25, 0.3) is 0 Å². The summed E-state index contributed by atoms with van der Waals surface area (Å²) in [7, 11) is 0. The molecule has 98 valence electrons. The van der Waals surface area contributed by atoms with E-state index in [1.165, 1.54) is 6.07 Å². The van der Waals surface area contributed by atoms with Gasteiger partial charge in [0.15, 0.2) is 0 Å². The highest BCUT2D eigenvalue weighted by Crippen LogP contribution is 2.10. The zero-order valence-corrected chi connectivity index (χ0v) is 10.0. The lowest BCUT2D eigenvalue weighted by Crippen LogP contribution is -2.46. The van der Waals surface area contributed by atoms with E-state index >= 15 is 0 Å². The first kappa shape index (κ1) is 13.0. The van der Waals surface area contributed by atoms with Crippen molar-refractivity contribution >= 4 is 5.91 Å². The molecule has 18 heavy (non-hydrogen) atoms. The summed E-state index contributed by atoms with van der Waals surface area (Å²) in [5, 5.41) is 6.03. The van der Waals surface area contributed by atoms with Crippen molar-refractivity contribution in [1.82, 2.24) is 10.6 Å². The van der Waals surface area contributed by atoms with Crippen molar-refractivity contribution in [2.24, 2.45) is 0 Å². The van der Waals surface area contributed by atoms with Gasteiger partial charge in [-0.1, -0.05) is 6.07 Å². The van der Waals surface area contributed by atoms with Gasteiger partial charge in [0.2, 0.25) is 5.91 Å². The number of benzene rings is 1. The molecule has 1 heterocycles. The van der Waals surface area contributed by atoms with Crippen LogP contribution in [0.3, 0.4) is 0 Å². The summed E-state index contributed by atoms with van der Waals surface area (Å²) in [6.45, 7) is 1.72. The van der Waals surface area contributed by atoms with E-state index < -0.39 is 11.6 Å². The van der Waals surface area contributed by atoms with Crippen LogP contribution in [0.4, 0.5) is 8.78 Å². The van der Waals surface area contributed by atoms with Crippen LogP contribution in [0.25, 0.3) is 0 Å². The number of carbonyl (C=O) groups is 1. The number of halogens is 2. The number of nitrogens with one attached hydrogen (secondary N) is 2. The summed E-state index contributed by atoms with van der Waals surface area (Å²) in [6, 6.07) is 3.37. The van der Waals surface area contributed by atoms with Crippen LogP contribution in [-0.4, -0.2) is 25.0 Å². The Balaban J connectivity index is 1.90. The molecule has 1 aromatic carbocycles. The molecular formula is C13H16F2N2O. The molecule has 0 radical (unpaired) electrons. The zero-order valence-electron chi connectivity index (χ0n) is 10.0. The Morgan fingerprint density at radius 3 is 2.94 bits per heavy atom. The molecule has 0 unspecified atom stereocenters. The molecule has 2 N–H and O–H groups in total. The molecule has 1 saturated heterocycles. The number of piperidine rings is 1. The second-order valence-electron chi connectivity index (χ2n) is 4.52. The van der Waals surface area contributed by atoms with Crippen LogP contribution in [0.15, 0.2) is 18.2 Å². The Hall–Kier alpha value is -1.49. The standard InChI is InChI=1S/C13H16F2N2O/c14-10-4-3-9(12(15)7-10)6-13(18)17-11-2-1-5-16-8-11/h3-4,7,11,16H,1-2,5-6,8H2,(H,17,18)/t11-/m1/s1. The lowest BCUT2D eigenvalue weighted by atomic mass is 10.1. The van der Waals surface area contributed by atoms with E-state index in [-0.39, 0.29) is 23.9 Å². The SMILES string of the molecule is O=C(Cc1ccc(F)cc1F)N[C@@H]1CCCNC1. The third-order valence-corrected chi connectivity index (χ3v) is 3.03. The molecule has 2 rings (SSSR count).